The molecule has 0 aromatic rings. The molecule has 0 heterocycles. The molecular weight excluding hydrogens is 230 g/mol. The van der Waals surface area contributed by atoms with E-state index in [2.05, 4.69) is 11.8 Å². The fraction of sp³-hybridized carbons (Fsp3) is 0.929. The molecule has 1 aliphatic carbocycles. The third kappa shape index (κ3) is 5.36. The van der Waals surface area contributed by atoms with Gasteiger partial charge in [-0.05, 0) is 31.6 Å². The molecule has 1 saturated carbocycles. The van der Waals surface area contributed by atoms with E-state index in [4.69, 9.17) is 9.47 Å². The molecule has 106 valence electrons. The number of rotatable bonds is 7. The third-order valence-electron chi connectivity index (χ3n) is 3.92. The lowest BCUT2D eigenvalue weighted by Crippen LogP contribution is -2.41. The van der Waals surface area contributed by atoms with E-state index in [1.807, 2.05) is 0 Å². The van der Waals surface area contributed by atoms with Crippen LogP contribution in [0, 0.1) is 5.92 Å². The van der Waals surface area contributed by atoms with Gasteiger partial charge in [0, 0.05) is 26.2 Å². The topological polar surface area (TPSA) is 38.8 Å². The van der Waals surface area contributed by atoms with Crippen LogP contribution in [0.3, 0.4) is 0 Å². The Kier molecular flexibility index (Phi) is 7.28. The lowest BCUT2D eigenvalue weighted by molar-refractivity contribution is -0.141. The molecule has 0 bridgehead atoms. The van der Waals surface area contributed by atoms with Gasteiger partial charge in [0.25, 0.3) is 0 Å². The van der Waals surface area contributed by atoms with Crippen molar-refractivity contribution in [3.63, 3.8) is 0 Å². The zero-order chi connectivity index (χ0) is 13.4. The van der Waals surface area contributed by atoms with Gasteiger partial charge in [-0.1, -0.05) is 6.92 Å². The first-order valence-electron chi connectivity index (χ1n) is 6.97. The maximum absolute atomic E-state index is 11.2. The summed E-state index contributed by atoms with van der Waals surface area (Å²) in [5.41, 5.74) is 0. The summed E-state index contributed by atoms with van der Waals surface area (Å²) < 4.78 is 9.87. The standard InChI is InChI=1S/C14H27NO3/c1-12-4-6-13(7-5-12)15(10-11-17-2)9-8-14(16)18-3/h12-13H,4-11H2,1-3H3. The Bertz CT molecular complexity index is 237. The lowest BCUT2D eigenvalue weighted by Gasteiger charge is -2.35. The minimum atomic E-state index is -0.124. The van der Waals surface area contributed by atoms with Gasteiger partial charge in [0.2, 0.25) is 0 Å². The van der Waals surface area contributed by atoms with Crippen LogP contribution in [0.15, 0.2) is 0 Å². The molecule has 4 nitrogen and oxygen atoms in total. The van der Waals surface area contributed by atoms with Crippen LogP contribution in [-0.4, -0.2) is 50.8 Å². The van der Waals surface area contributed by atoms with E-state index in [-0.39, 0.29) is 5.97 Å². The highest BCUT2D eigenvalue weighted by Crippen LogP contribution is 2.27. The van der Waals surface area contributed by atoms with Crippen molar-refractivity contribution in [3.05, 3.63) is 0 Å². The number of hydrogen-bond donors (Lipinski definition) is 0. The maximum atomic E-state index is 11.2. The van der Waals surface area contributed by atoms with Crippen LogP contribution in [0.5, 0.6) is 0 Å². The molecule has 0 unspecified atom stereocenters. The number of carbonyl (C=O) groups is 1. The molecule has 0 aromatic carbocycles. The fourth-order valence-electron chi connectivity index (χ4n) is 2.63. The summed E-state index contributed by atoms with van der Waals surface area (Å²) in [6, 6.07) is 0.612. The van der Waals surface area contributed by atoms with Crippen LogP contribution < -0.4 is 0 Å². The number of carbonyl (C=O) groups excluding carboxylic acids is 1. The normalized spacial score (nSPS) is 24.2. The average Bonchev–Trinajstić information content (AvgIpc) is 2.40. The van der Waals surface area contributed by atoms with Crippen molar-refractivity contribution in [2.45, 2.75) is 45.1 Å². The van der Waals surface area contributed by atoms with Crippen LogP contribution in [-0.2, 0) is 14.3 Å². The summed E-state index contributed by atoms with van der Waals surface area (Å²) in [5, 5.41) is 0. The van der Waals surface area contributed by atoms with Crippen LogP contribution in [0.1, 0.15) is 39.0 Å². The maximum Gasteiger partial charge on any atom is 0.306 e. The van der Waals surface area contributed by atoms with Crippen molar-refractivity contribution in [2.24, 2.45) is 5.92 Å². The van der Waals surface area contributed by atoms with Gasteiger partial charge in [0.05, 0.1) is 20.1 Å². The van der Waals surface area contributed by atoms with E-state index < -0.39 is 0 Å². The molecule has 0 radical (unpaired) electrons. The van der Waals surface area contributed by atoms with Crippen molar-refractivity contribution >= 4 is 5.97 Å². The number of methoxy groups -OCH3 is 2. The van der Waals surface area contributed by atoms with Crippen LogP contribution in [0.2, 0.25) is 0 Å². The van der Waals surface area contributed by atoms with Gasteiger partial charge >= 0.3 is 5.97 Å². The second kappa shape index (κ2) is 8.48. The predicted molar refractivity (Wildman–Crippen MR) is 71.5 cm³/mol. The number of hydrogen-bond acceptors (Lipinski definition) is 4. The lowest BCUT2D eigenvalue weighted by atomic mass is 9.86. The van der Waals surface area contributed by atoms with Gasteiger partial charge in [0.1, 0.15) is 0 Å². The molecule has 0 amide bonds. The largest absolute Gasteiger partial charge is 0.469 e. The monoisotopic (exact) mass is 257 g/mol. The van der Waals surface area contributed by atoms with E-state index in [0.717, 1.165) is 25.6 Å². The molecule has 1 aliphatic rings. The van der Waals surface area contributed by atoms with Gasteiger partial charge in [-0.15, -0.1) is 0 Å². The third-order valence-corrected chi connectivity index (χ3v) is 3.92. The first kappa shape index (κ1) is 15.4. The Morgan fingerprint density at radius 3 is 2.39 bits per heavy atom. The van der Waals surface area contributed by atoms with Crippen molar-refractivity contribution < 1.29 is 14.3 Å². The van der Waals surface area contributed by atoms with Gasteiger partial charge < -0.3 is 9.47 Å². The number of ether oxygens (including phenoxy) is 2. The van der Waals surface area contributed by atoms with Crippen molar-refractivity contribution in [3.8, 4) is 0 Å². The zero-order valence-electron chi connectivity index (χ0n) is 12.0. The summed E-state index contributed by atoms with van der Waals surface area (Å²) in [4.78, 5) is 13.6. The summed E-state index contributed by atoms with van der Waals surface area (Å²) in [5.74, 6) is 0.729. The van der Waals surface area contributed by atoms with E-state index in [1.165, 1.54) is 32.8 Å². The minimum Gasteiger partial charge on any atom is -0.469 e. The van der Waals surface area contributed by atoms with E-state index in [9.17, 15) is 4.79 Å². The van der Waals surface area contributed by atoms with Gasteiger partial charge in [0.15, 0.2) is 0 Å². The second-order valence-electron chi connectivity index (χ2n) is 5.27. The second-order valence-corrected chi connectivity index (χ2v) is 5.27. The predicted octanol–water partition coefficient (Wildman–Crippen LogP) is 2.08. The SMILES string of the molecule is COCCN(CCC(=O)OC)C1CCC(C)CC1. The first-order valence-corrected chi connectivity index (χ1v) is 6.97. The Balaban J connectivity index is 2.41. The molecule has 0 atom stereocenters. The molecule has 1 rings (SSSR count). The molecule has 1 fully saturated rings. The number of nitrogens with zero attached hydrogens (tertiary/aromatic N) is 1. The summed E-state index contributed by atoms with van der Waals surface area (Å²) >= 11 is 0. The average molecular weight is 257 g/mol. The Morgan fingerprint density at radius 2 is 1.83 bits per heavy atom. The van der Waals surface area contributed by atoms with Gasteiger partial charge in [-0.3, -0.25) is 9.69 Å². The molecule has 18 heavy (non-hydrogen) atoms. The summed E-state index contributed by atoms with van der Waals surface area (Å²) in [6.45, 7) is 4.75. The summed E-state index contributed by atoms with van der Waals surface area (Å²) in [7, 11) is 3.17. The first-order chi connectivity index (χ1) is 8.67. The van der Waals surface area contributed by atoms with Gasteiger partial charge in [-0.25, -0.2) is 0 Å². The molecule has 0 spiro atoms. The molecule has 0 aliphatic heterocycles. The van der Waals surface area contributed by atoms with Crippen molar-refractivity contribution in [2.75, 3.05) is 33.9 Å². The molecule has 4 heteroatoms. The zero-order valence-corrected chi connectivity index (χ0v) is 12.0. The molecule has 0 saturated heterocycles. The van der Waals surface area contributed by atoms with E-state index >= 15 is 0 Å². The highest BCUT2D eigenvalue weighted by atomic mass is 16.5. The fourth-order valence-corrected chi connectivity index (χ4v) is 2.63. The summed E-state index contributed by atoms with van der Waals surface area (Å²) in [6.07, 6.45) is 5.56. The van der Waals surface area contributed by atoms with Crippen LogP contribution in [0.4, 0.5) is 0 Å². The van der Waals surface area contributed by atoms with E-state index in [0.29, 0.717) is 12.5 Å². The smallest absolute Gasteiger partial charge is 0.306 e. The minimum absolute atomic E-state index is 0.124. The molecule has 0 aromatic heterocycles. The van der Waals surface area contributed by atoms with E-state index in [1.54, 1.807) is 7.11 Å². The highest BCUT2D eigenvalue weighted by Gasteiger charge is 2.24. The van der Waals surface area contributed by atoms with Crippen LogP contribution >= 0.6 is 0 Å². The Labute approximate surface area is 111 Å². The number of esters is 1. The quantitative estimate of drug-likeness (QED) is 0.655. The van der Waals surface area contributed by atoms with Crippen molar-refractivity contribution in [1.82, 2.24) is 4.90 Å². The Morgan fingerprint density at radius 1 is 1.17 bits per heavy atom. The molecule has 0 N–H and O–H groups in total. The molecular formula is C14H27NO3. The van der Waals surface area contributed by atoms with Crippen LogP contribution in [0.25, 0.3) is 0 Å². The van der Waals surface area contributed by atoms with Crippen molar-refractivity contribution in [1.29, 1.82) is 0 Å². The highest BCUT2D eigenvalue weighted by molar-refractivity contribution is 5.69. The van der Waals surface area contributed by atoms with Gasteiger partial charge in [-0.2, -0.15) is 0 Å². The Hall–Kier alpha value is -0.610.